The summed E-state index contributed by atoms with van der Waals surface area (Å²) in [6.45, 7) is 0. The van der Waals surface area contributed by atoms with Gasteiger partial charge in [-0.2, -0.15) is 0 Å². The van der Waals surface area contributed by atoms with Crippen LogP contribution in [0.1, 0.15) is 6.42 Å². The Morgan fingerprint density at radius 3 is 2.85 bits per heavy atom. The summed E-state index contributed by atoms with van der Waals surface area (Å²) in [7, 11) is 0. The maximum absolute atomic E-state index is 11.8. The molecule has 0 radical (unpaired) electrons. The highest BCUT2D eigenvalue weighted by atomic mass is 32.1. The second-order valence-electron chi connectivity index (χ2n) is 4.25. The van der Waals surface area contributed by atoms with Gasteiger partial charge >= 0.3 is 6.03 Å². The lowest BCUT2D eigenvalue weighted by molar-refractivity contribution is -0.124. The van der Waals surface area contributed by atoms with Crippen molar-refractivity contribution in [3.63, 3.8) is 0 Å². The van der Waals surface area contributed by atoms with Crippen LogP contribution in [0.3, 0.4) is 0 Å². The van der Waals surface area contributed by atoms with Crippen molar-refractivity contribution < 1.29 is 14.4 Å². The van der Waals surface area contributed by atoms with E-state index in [1.807, 2.05) is 24.3 Å². The number of amides is 4. The van der Waals surface area contributed by atoms with Gasteiger partial charge < -0.3 is 10.6 Å². The van der Waals surface area contributed by atoms with Crippen LogP contribution in [0.25, 0.3) is 10.2 Å². The number of imide groups is 1. The predicted octanol–water partition coefficient (Wildman–Crippen LogP) is 0.833. The van der Waals surface area contributed by atoms with Gasteiger partial charge in [0.05, 0.1) is 16.6 Å². The summed E-state index contributed by atoms with van der Waals surface area (Å²) >= 11 is 1.35. The Labute approximate surface area is 117 Å². The largest absolute Gasteiger partial charge is 0.325 e. The summed E-state index contributed by atoms with van der Waals surface area (Å²) in [4.78, 5) is 38.3. The fourth-order valence-electron chi connectivity index (χ4n) is 1.88. The zero-order chi connectivity index (χ0) is 14.1. The van der Waals surface area contributed by atoms with E-state index in [2.05, 4.69) is 20.9 Å². The van der Waals surface area contributed by atoms with Crippen LogP contribution in [0.15, 0.2) is 24.3 Å². The first-order valence-corrected chi connectivity index (χ1v) is 6.70. The maximum Gasteiger partial charge on any atom is 0.322 e. The molecule has 0 aliphatic carbocycles. The Morgan fingerprint density at radius 2 is 2.15 bits per heavy atom. The fourth-order valence-corrected chi connectivity index (χ4v) is 2.77. The summed E-state index contributed by atoms with van der Waals surface area (Å²) in [6.07, 6.45) is -0.118. The van der Waals surface area contributed by atoms with Crippen LogP contribution in [0.5, 0.6) is 0 Å². The smallest absolute Gasteiger partial charge is 0.322 e. The van der Waals surface area contributed by atoms with E-state index in [-0.39, 0.29) is 12.3 Å². The first-order valence-electron chi connectivity index (χ1n) is 5.88. The minimum Gasteiger partial charge on any atom is -0.325 e. The Kier molecular flexibility index (Phi) is 3.07. The number of rotatable bonds is 3. The van der Waals surface area contributed by atoms with Crippen LogP contribution >= 0.6 is 11.3 Å². The molecule has 1 aromatic carbocycles. The molecule has 2 aromatic rings. The molecule has 7 nitrogen and oxygen atoms in total. The molecule has 102 valence electrons. The van der Waals surface area contributed by atoms with Crippen LogP contribution in [-0.2, 0) is 9.59 Å². The number of para-hydroxylation sites is 1. The summed E-state index contributed by atoms with van der Waals surface area (Å²) in [5.41, 5.74) is 0.805. The maximum atomic E-state index is 11.8. The third-order valence-electron chi connectivity index (χ3n) is 2.79. The van der Waals surface area contributed by atoms with E-state index in [1.165, 1.54) is 11.3 Å². The molecular formula is C12H10N4O3S. The highest BCUT2D eigenvalue weighted by Crippen LogP contribution is 2.25. The first-order chi connectivity index (χ1) is 9.61. The molecule has 0 bridgehead atoms. The number of hydrogen-bond donors (Lipinski definition) is 3. The van der Waals surface area contributed by atoms with E-state index in [0.717, 1.165) is 10.2 Å². The molecule has 0 unspecified atom stereocenters. The van der Waals surface area contributed by atoms with Crippen LogP contribution in [0, 0.1) is 0 Å². The van der Waals surface area contributed by atoms with Gasteiger partial charge in [0.15, 0.2) is 5.13 Å². The van der Waals surface area contributed by atoms with Crippen molar-refractivity contribution in [1.29, 1.82) is 0 Å². The van der Waals surface area contributed by atoms with E-state index < -0.39 is 18.0 Å². The second kappa shape index (κ2) is 4.89. The Morgan fingerprint density at radius 1 is 1.35 bits per heavy atom. The SMILES string of the molecule is O=C(C[C@H]1NC(=O)NC1=O)Nc1nc2ccccc2s1. The van der Waals surface area contributed by atoms with E-state index in [0.29, 0.717) is 5.13 Å². The molecule has 0 spiro atoms. The Balaban J connectivity index is 1.66. The number of carbonyl (C=O) groups excluding carboxylic acids is 3. The number of anilines is 1. The van der Waals surface area contributed by atoms with Crippen LogP contribution in [-0.4, -0.2) is 28.9 Å². The monoisotopic (exact) mass is 290 g/mol. The number of thiazole rings is 1. The summed E-state index contributed by atoms with van der Waals surface area (Å²) in [6, 6.07) is 6.13. The van der Waals surface area contributed by atoms with E-state index >= 15 is 0 Å². The van der Waals surface area contributed by atoms with E-state index in [1.54, 1.807) is 0 Å². The Bertz CT molecular complexity index is 679. The van der Waals surface area contributed by atoms with Gasteiger partial charge in [-0.1, -0.05) is 23.5 Å². The van der Waals surface area contributed by atoms with Gasteiger partial charge in [0.25, 0.3) is 5.91 Å². The van der Waals surface area contributed by atoms with Gasteiger partial charge in [-0.3, -0.25) is 14.9 Å². The van der Waals surface area contributed by atoms with Gasteiger partial charge in [0, 0.05) is 0 Å². The summed E-state index contributed by atoms with van der Waals surface area (Å²) in [5, 5.41) is 7.55. The number of hydrogen-bond acceptors (Lipinski definition) is 5. The molecular weight excluding hydrogens is 280 g/mol. The molecule has 8 heteroatoms. The predicted molar refractivity (Wildman–Crippen MR) is 73.3 cm³/mol. The van der Waals surface area contributed by atoms with Crippen molar-refractivity contribution in [2.75, 3.05) is 5.32 Å². The Hall–Kier alpha value is -2.48. The van der Waals surface area contributed by atoms with Crippen molar-refractivity contribution in [1.82, 2.24) is 15.6 Å². The first kappa shape index (κ1) is 12.5. The third kappa shape index (κ3) is 2.45. The fraction of sp³-hybridized carbons (Fsp3) is 0.167. The lowest BCUT2D eigenvalue weighted by Gasteiger charge is -2.05. The van der Waals surface area contributed by atoms with E-state index in [9.17, 15) is 14.4 Å². The molecule has 20 heavy (non-hydrogen) atoms. The van der Waals surface area contributed by atoms with Crippen LogP contribution < -0.4 is 16.0 Å². The van der Waals surface area contributed by atoms with Gasteiger partial charge in [-0.05, 0) is 12.1 Å². The standard InChI is InChI=1S/C12H10N4O3S/c17-9(5-7-10(18)16-11(19)13-7)15-12-14-6-3-1-2-4-8(6)20-12/h1-4,7H,5H2,(H,14,15,17)(H2,13,16,18,19)/t7-/m1/s1. The molecule has 1 aliphatic rings. The zero-order valence-corrected chi connectivity index (χ0v) is 11.0. The van der Waals surface area contributed by atoms with Gasteiger partial charge in [-0.25, -0.2) is 9.78 Å². The molecule has 3 rings (SSSR count). The molecule has 1 aliphatic heterocycles. The lowest BCUT2D eigenvalue weighted by Crippen LogP contribution is -2.33. The quantitative estimate of drug-likeness (QED) is 0.729. The number of nitrogens with zero attached hydrogens (tertiary/aromatic N) is 1. The summed E-state index contributed by atoms with van der Waals surface area (Å²) < 4.78 is 0.967. The van der Waals surface area contributed by atoms with Crippen molar-refractivity contribution in [3.05, 3.63) is 24.3 Å². The molecule has 1 aromatic heterocycles. The number of nitrogens with one attached hydrogen (secondary N) is 3. The molecule has 1 fully saturated rings. The van der Waals surface area contributed by atoms with Gasteiger partial charge in [-0.15, -0.1) is 0 Å². The minimum absolute atomic E-state index is 0.118. The molecule has 1 saturated heterocycles. The van der Waals surface area contributed by atoms with Gasteiger partial charge in [0.2, 0.25) is 5.91 Å². The van der Waals surface area contributed by atoms with Crippen LogP contribution in [0.4, 0.5) is 9.93 Å². The molecule has 1 atom stereocenters. The highest BCUT2D eigenvalue weighted by molar-refractivity contribution is 7.22. The van der Waals surface area contributed by atoms with Crippen molar-refractivity contribution in [2.45, 2.75) is 12.5 Å². The van der Waals surface area contributed by atoms with Crippen LogP contribution in [0.2, 0.25) is 0 Å². The second-order valence-corrected chi connectivity index (χ2v) is 5.28. The molecule has 0 saturated carbocycles. The molecule has 3 N–H and O–H groups in total. The number of fused-ring (bicyclic) bond motifs is 1. The van der Waals surface area contributed by atoms with Crippen molar-refractivity contribution in [3.8, 4) is 0 Å². The number of urea groups is 1. The average molecular weight is 290 g/mol. The van der Waals surface area contributed by atoms with E-state index in [4.69, 9.17) is 0 Å². The topological polar surface area (TPSA) is 100 Å². The lowest BCUT2D eigenvalue weighted by atomic mass is 10.2. The van der Waals surface area contributed by atoms with Crippen molar-refractivity contribution >= 4 is 44.5 Å². The third-order valence-corrected chi connectivity index (χ3v) is 3.74. The normalized spacial score (nSPS) is 17.9. The minimum atomic E-state index is -0.822. The number of aromatic nitrogens is 1. The molecule has 4 amide bonds. The average Bonchev–Trinajstić information content (AvgIpc) is 2.92. The number of benzene rings is 1. The number of carbonyl (C=O) groups is 3. The van der Waals surface area contributed by atoms with Crippen molar-refractivity contribution in [2.24, 2.45) is 0 Å². The van der Waals surface area contributed by atoms with Gasteiger partial charge in [0.1, 0.15) is 6.04 Å². The zero-order valence-electron chi connectivity index (χ0n) is 10.2. The summed E-state index contributed by atoms with van der Waals surface area (Å²) in [5.74, 6) is -0.860. The highest BCUT2D eigenvalue weighted by Gasteiger charge is 2.31. The molecule has 2 heterocycles.